The molecule has 1 heterocycles. The van der Waals surface area contributed by atoms with E-state index in [1.807, 2.05) is 26.2 Å². The summed E-state index contributed by atoms with van der Waals surface area (Å²) in [6.45, 7) is 1.66. The molecule has 1 aromatic heterocycles. The highest BCUT2D eigenvalue weighted by molar-refractivity contribution is 7.16. The number of thiophene rings is 1. The maximum Gasteiger partial charge on any atom is 0.236 e. The summed E-state index contributed by atoms with van der Waals surface area (Å²) >= 11 is 7.42. The highest BCUT2D eigenvalue weighted by Gasteiger charge is 2.33. The number of likely N-dealkylation sites (N-methyl/N-ethyl adjacent to an activating group) is 2. The van der Waals surface area contributed by atoms with Gasteiger partial charge in [-0.25, -0.2) is 0 Å². The first-order chi connectivity index (χ1) is 9.51. The molecule has 120 valence electrons. The van der Waals surface area contributed by atoms with Crippen molar-refractivity contribution in [1.29, 1.82) is 0 Å². The van der Waals surface area contributed by atoms with Crippen LogP contribution in [0.25, 0.3) is 0 Å². The molecule has 2 N–H and O–H groups in total. The van der Waals surface area contributed by atoms with Gasteiger partial charge in [0.15, 0.2) is 0 Å². The molecule has 1 aliphatic rings. The molecule has 1 unspecified atom stereocenters. The van der Waals surface area contributed by atoms with Crippen LogP contribution in [0.15, 0.2) is 12.1 Å². The third-order valence-electron chi connectivity index (χ3n) is 3.81. The molecule has 2 rings (SSSR count). The summed E-state index contributed by atoms with van der Waals surface area (Å²) in [7, 11) is 3.82. The first-order valence-corrected chi connectivity index (χ1v) is 8.09. The first kappa shape index (κ1) is 18.7. The number of carbonyl (C=O) groups is 1. The molecule has 1 aromatic rings. The lowest BCUT2D eigenvalue weighted by atomic mass is 10.1. The van der Waals surface area contributed by atoms with Crippen molar-refractivity contribution < 1.29 is 4.79 Å². The van der Waals surface area contributed by atoms with E-state index < -0.39 is 0 Å². The predicted octanol–water partition coefficient (Wildman–Crippen LogP) is 2.45. The highest BCUT2D eigenvalue weighted by Crippen LogP contribution is 2.34. The van der Waals surface area contributed by atoms with Gasteiger partial charge in [0.05, 0.1) is 17.4 Å². The van der Waals surface area contributed by atoms with Gasteiger partial charge in [-0.1, -0.05) is 11.6 Å². The van der Waals surface area contributed by atoms with Crippen LogP contribution in [0.1, 0.15) is 17.7 Å². The van der Waals surface area contributed by atoms with E-state index in [4.69, 9.17) is 17.3 Å². The standard InChI is InChI=1S/C14H22ClN3OS.ClH/c1-17(12(7-16)10-3-4-10)9-14(19)18(2)8-11-5-6-13(15)20-11;/h5-6,10,12H,3-4,7-9,16H2,1-2H3;1H. The fraction of sp³-hybridized carbons (Fsp3) is 0.643. The SMILES string of the molecule is CN(Cc1ccc(Cl)s1)C(=O)CN(C)C(CN)C1CC1.Cl. The molecule has 1 atom stereocenters. The van der Waals surface area contributed by atoms with Crippen molar-refractivity contribution in [3.63, 3.8) is 0 Å². The zero-order valence-electron chi connectivity index (χ0n) is 12.4. The predicted molar refractivity (Wildman–Crippen MR) is 91.2 cm³/mol. The molecule has 1 saturated carbocycles. The van der Waals surface area contributed by atoms with E-state index in [0.717, 1.165) is 9.21 Å². The quantitative estimate of drug-likeness (QED) is 0.820. The lowest BCUT2D eigenvalue weighted by Gasteiger charge is -2.28. The zero-order chi connectivity index (χ0) is 14.7. The third-order valence-corrected chi connectivity index (χ3v) is 5.02. The summed E-state index contributed by atoms with van der Waals surface area (Å²) in [4.78, 5) is 17.2. The molecule has 1 aliphatic carbocycles. The van der Waals surface area contributed by atoms with E-state index in [-0.39, 0.29) is 18.3 Å². The summed E-state index contributed by atoms with van der Waals surface area (Å²) in [5.74, 6) is 0.801. The summed E-state index contributed by atoms with van der Waals surface area (Å²) in [5.41, 5.74) is 5.81. The Kier molecular flexibility index (Phi) is 7.44. The first-order valence-electron chi connectivity index (χ1n) is 6.89. The molecule has 7 heteroatoms. The number of nitrogens with two attached hydrogens (primary N) is 1. The van der Waals surface area contributed by atoms with Crippen LogP contribution in [0.3, 0.4) is 0 Å². The lowest BCUT2D eigenvalue weighted by Crippen LogP contribution is -2.45. The topological polar surface area (TPSA) is 49.6 Å². The fourth-order valence-corrected chi connectivity index (χ4v) is 3.56. The highest BCUT2D eigenvalue weighted by atomic mass is 35.5. The Morgan fingerprint density at radius 3 is 2.62 bits per heavy atom. The minimum absolute atomic E-state index is 0. The molecule has 21 heavy (non-hydrogen) atoms. The summed E-state index contributed by atoms with van der Waals surface area (Å²) in [6.07, 6.45) is 2.48. The number of nitrogens with zero attached hydrogens (tertiary/aromatic N) is 2. The third kappa shape index (κ3) is 5.42. The van der Waals surface area contributed by atoms with Gasteiger partial charge in [0.25, 0.3) is 0 Å². The summed E-state index contributed by atoms with van der Waals surface area (Å²) < 4.78 is 0.759. The zero-order valence-corrected chi connectivity index (χ0v) is 14.8. The Labute approximate surface area is 141 Å². The minimum Gasteiger partial charge on any atom is -0.340 e. The lowest BCUT2D eigenvalue weighted by molar-refractivity contribution is -0.131. The van der Waals surface area contributed by atoms with Crippen molar-refractivity contribution in [2.45, 2.75) is 25.4 Å². The largest absolute Gasteiger partial charge is 0.340 e. The van der Waals surface area contributed by atoms with Crippen LogP contribution in [-0.2, 0) is 11.3 Å². The Bertz CT molecular complexity index is 465. The molecule has 0 saturated heterocycles. The van der Waals surface area contributed by atoms with E-state index >= 15 is 0 Å². The maximum absolute atomic E-state index is 12.2. The van der Waals surface area contributed by atoms with Gasteiger partial charge in [-0.3, -0.25) is 9.69 Å². The van der Waals surface area contributed by atoms with Gasteiger partial charge in [0, 0.05) is 24.5 Å². The van der Waals surface area contributed by atoms with Crippen molar-refractivity contribution in [1.82, 2.24) is 9.80 Å². The number of hydrogen-bond donors (Lipinski definition) is 1. The monoisotopic (exact) mass is 351 g/mol. The molecule has 0 aliphatic heterocycles. The van der Waals surface area contributed by atoms with Crippen LogP contribution in [0.2, 0.25) is 4.34 Å². The van der Waals surface area contributed by atoms with Crippen molar-refractivity contribution in [3.05, 3.63) is 21.3 Å². The number of carbonyl (C=O) groups excluding carboxylic acids is 1. The number of rotatable bonds is 7. The molecule has 0 radical (unpaired) electrons. The average Bonchev–Trinajstić information content (AvgIpc) is 3.14. The molecule has 1 amide bonds. The smallest absolute Gasteiger partial charge is 0.236 e. The fourth-order valence-electron chi connectivity index (χ4n) is 2.42. The molecular formula is C14H23Cl2N3OS. The van der Waals surface area contributed by atoms with Gasteiger partial charge in [0.1, 0.15) is 0 Å². The Morgan fingerprint density at radius 1 is 1.48 bits per heavy atom. The van der Waals surface area contributed by atoms with Crippen LogP contribution < -0.4 is 5.73 Å². The van der Waals surface area contributed by atoms with E-state index in [9.17, 15) is 4.79 Å². The van der Waals surface area contributed by atoms with Gasteiger partial charge < -0.3 is 10.6 Å². The second kappa shape index (κ2) is 8.34. The molecule has 1 fully saturated rings. The summed E-state index contributed by atoms with van der Waals surface area (Å²) in [5, 5.41) is 0. The van der Waals surface area contributed by atoms with Crippen LogP contribution >= 0.6 is 35.3 Å². The second-order valence-corrected chi connectivity index (χ2v) is 7.31. The average molecular weight is 352 g/mol. The number of halogens is 2. The van der Waals surface area contributed by atoms with Gasteiger partial charge in [-0.05, 0) is 37.9 Å². The normalized spacial score (nSPS) is 15.7. The van der Waals surface area contributed by atoms with E-state index in [0.29, 0.717) is 31.6 Å². The van der Waals surface area contributed by atoms with Crippen LogP contribution in [0.4, 0.5) is 0 Å². The molecular weight excluding hydrogens is 329 g/mol. The van der Waals surface area contributed by atoms with Gasteiger partial charge in [0.2, 0.25) is 5.91 Å². The van der Waals surface area contributed by atoms with Crippen molar-refractivity contribution >= 4 is 41.3 Å². The van der Waals surface area contributed by atoms with Crippen LogP contribution in [0, 0.1) is 5.92 Å². The van der Waals surface area contributed by atoms with E-state index in [1.54, 1.807) is 4.90 Å². The van der Waals surface area contributed by atoms with Crippen molar-refractivity contribution in [2.75, 3.05) is 27.2 Å². The van der Waals surface area contributed by atoms with Gasteiger partial charge in [-0.15, -0.1) is 23.7 Å². The number of amides is 1. The van der Waals surface area contributed by atoms with Crippen LogP contribution in [0.5, 0.6) is 0 Å². The maximum atomic E-state index is 12.2. The Morgan fingerprint density at radius 2 is 2.14 bits per heavy atom. The summed E-state index contributed by atoms with van der Waals surface area (Å²) in [6, 6.07) is 4.17. The van der Waals surface area contributed by atoms with Crippen molar-refractivity contribution in [2.24, 2.45) is 11.7 Å². The van der Waals surface area contributed by atoms with Crippen LogP contribution in [-0.4, -0.2) is 48.9 Å². The molecule has 0 bridgehead atoms. The van der Waals surface area contributed by atoms with Gasteiger partial charge in [-0.2, -0.15) is 0 Å². The molecule has 4 nitrogen and oxygen atoms in total. The van der Waals surface area contributed by atoms with Gasteiger partial charge >= 0.3 is 0 Å². The minimum atomic E-state index is 0. The molecule has 0 spiro atoms. The van der Waals surface area contributed by atoms with Crippen molar-refractivity contribution in [3.8, 4) is 0 Å². The van der Waals surface area contributed by atoms with E-state index in [1.165, 1.54) is 24.2 Å². The molecule has 0 aromatic carbocycles. The second-order valence-electron chi connectivity index (χ2n) is 5.51. The Balaban J connectivity index is 0.00000220. The number of hydrogen-bond acceptors (Lipinski definition) is 4. The Hall–Kier alpha value is -0.330. The van der Waals surface area contributed by atoms with E-state index in [2.05, 4.69) is 4.90 Å².